The van der Waals surface area contributed by atoms with Crippen LogP contribution in [0.5, 0.6) is 0 Å². The molecule has 0 bridgehead atoms. The van der Waals surface area contributed by atoms with Gasteiger partial charge in [0.2, 0.25) is 5.91 Å². The van der Waals surface area contributed by atoms with Gasteiger partial charge in [0.1, 0.15) is 0 Å². The molecule has 0 spiro atoms. The number of hydrogen-bond donors (Lipinski definition) is 2. The maximum atomic E-state index is 11.5. The topological polar surface area (TPSA) is 79.3 Å². The standard InChI is InChI=1S/C11H16N2O3S/c1-6(2)4-9(14)13-11-12-7(3)8(17-11)5-10(15)16/h6H,4-5H2,1-3H3,(H,15,16)(H,12,13,14). The largest absolute Gasteiger partial charge is 0.481 e. The molecule has 6 heteroatoms. The van der Waals surface area contributed by atoms with E-state index in [1.807, 2.05) is 13.8 Å². The van der Waals surface area contributed by atoms with Crippen molar-refractivity contribution in [2.45, 2.75) is 33.6 Å². The molecule has 0 atom stereocenters. The van der Waals surface area contributed by atoms with Crippen LogP contribution in [0.3, 0.4) is 0 Å². The van der Waals surface area contributed by atoms with E-state index in [4.69, 9.17) is 5.11 Å². The highest BCUT2D eigenvalue weighted by Crippen LogP contribution is 2.23. The molecule has 0 saturated carbocycles. The van der Waals surface area contributed by atoms with Gasteiger partial charge in [-0.25, -0.2) is 4.98 Å². The van der Waals surface area contributed by atoms with Crippen molar-refractivity contribution in [3.05, 3.63) is 10.6 Å². The summed E-state index contributed by atoms with van der Waals surface area (Å²) in [6.45, 7) is 5.66. The van der Waals surface area contributed by atoms with Gasteiger partial charge in [-0.3, -0.25) is 9.59 Å². The summed E-state index contributed by atoms with van der Waals surface area (Å²) in [6, 6.07) is 0. The van der Waals surface area contributed by atoms with Gasteiger partial charge in [0, 0.05) is 11.3 Å². The molecule has 1 rings (SSSR count). The Morgan fingerprint density at radius 1 is 1.47 bits per heavy atom. The van der Waals surface area contributed by atoms with Crippen molar-refractivity contribution >= 4 is 28.3 Å². The molecule has 0 fully saturated rings. The summed E-state index contributed by atoms with van der Waals surface area (Å²) in [7, 11) is 0. The van der Waals surface area contributed by atoms with Crippen LogP contribution in [0.4, 0.5) is 5.13 Å². The molecule has 94 valence electrons. The number of nitrogens with zero attached hydrogens (tertiary/aromatic N) is 1. The second-order valence-electron chi connectivity index (χ2n) is 4.24. The minimum absolute atomic E-state index is 0.0520. The SMILES string of the molecule is Cc1nc(NC(=O)CC(C)C)sc1CC(=O)O. The predicted octanol–water partition coefficient (Wildman–Crippen LogP) is 2.06. The van der Waals surface area contributed by atoms with Crippen LogP contribution in [-0.2, 0) is 16.0 Å². The summed E-state index contributed by atoms with van der Waals surface area (Å²) in [6.07, 6.45) is 0.385. The van der Waals surface area contributed by atoms with Gasteiger partial charge >= 0.3 is 5.97 Å². The van der Waals surface area contributed by atoms with E-state index >= 15 is 0 Å². The lowest BCUT2D eigenvalue weighted by Crippen LogP contribution is -2.13. The van der Waals surface area contributed by atoms with Crippen LogP contribution in [0, 0.1) is 12.8 Å². The first-order valence-corrected chi connectivity index (χ1v) is 6.18. The number of rotatable bonds is 5. The van der Waals surface area contributed by atoms with E-state index in [1.165, 1.54) is 11.3 Å². The number of hydrogen-bond acceptors (Lipinski definition) is 4. The molecule has 0 saturated heterocycles. The number of amides is 1. The molecule has 1 heterocycles. The smallest absolute Gasteiger partial charge is 0.308 e. The summed E-state index contributed by atoms with van der Waals surface area (Å²) in [5.41, 5.74) is 0.664. The number of thiazole rings is 1. The van der Waals surface area contributed by atoms with E-state index in [2.05, 4.69) is 10.3 Å². The van der Waals surface area contributed by atoms with E-state index in [-0.39, 0.29) is 18.2 Å². The fraction of sp³-hybridized carbons (Fsp3) is 0.545. The summed E-state index contributed by atoms with van der Waals surface area (Å²) in [5, 5.41) is 11.9. The van der Waals surface area contributed by atoms with Crippen LogP contribution >= 0.6 is 11.3 Å². The van der Waals surface area contributed by atoms with Gasteiger partial charge in [-0.2, -0.15) is 0 Å². The van der Waals surface area contributed by atoms with E-state index in [1.54, 1.807) is 6.92 Å². The highest BCUT2D eigenvalue weighted by molar-refractivity contribution is 7.16. The van der Waals surface area contributed by atoms with Gasteiger partial charge in [-0.05, 0) is 12.8 Å². The third-order valence-electron chi connectivity index (χ3n) is 2.04. The van der Waals surface area contributed by atoms with Gasteiger partial charge in [-0.15, -0.1) is 11.3 Å². The first-order chi connectivity index (χ1) is 7.88. The van der Waals surface area contributed by atoms with Crippen molar-refractivity contribution in [1.29, 1.82) is 0 Å². The Labute approximate surface area is 104 Å². The van der Waals surface area contributed by atoms with Crippen LogP contribution in [0.1, 0.15) is 30.8 Å². The van der Waals surface area contributed by atoms with Crippen LogP contribution in [0.25, 0.3) is 0 Å². The summed E-state index contributed by atoms with van der Waals surface area (Å²) < 4.78 is 0. The molecule has 2 N–H and O–H groups in total. The van der Waals surface area contributed by atoms with E-state index in [0.29, 0.717) is 22.1 Å². The molecule has 0 aliphatic rings. The minimum Gasteiger partial charge on any atom is -0.481 e. The van der Waals surface area contributed by atoms with Crippen LogP contribution in [0.15, 0.2) is 0 Å². The Balaban J connectivity index is 2.67. The zero-order valence-corrected chi connectivity index (χ0v) is 10.9. The Kier molecular flexibility index (Phi) is 4.62. The number of carboxylic acids is 1. The lowest BCUT2D eigenvalue weighted by Gasteiger charge is -2.03. The second-order valence-corrected chi connectivity index (χ2v) is 5.33. The highest BCUT2D eigenvalue weighted by atomic mass is 32.1. The maximum Gasteiger partial charge on any atom is 0.308 e. The molecule has 0 radical (unpaired) electrons. The van der Waals surface area contributed by atoms with Crippen molar-refractivity contribution in [2.75, 3.05) is 5.32 Å². The molecule has 1 aromatic rings. The van der Waals surface area contributed by atoms with Gasteiger partial charge in [-0.1, -0.05) is 13.8 Å². The molecule has 1 amide bonds. The predicted molar refractivity (Wildman–Crippen MR) is 66.3 cm³/mol. The Hall–Kier alpha value is -1.43. The summed E-state index contributed by atoms with van der Waals surface area (Å²) in [5.74, 6) is -0.693. The first-order valence-electron chi connectivity index (χ1n) is 5.36. The number of carbonyl (C=O) groups excluding carboxylic acids is 1. The Bertz CT molecular complexity index is 426. The molecule has 0 aromatic carbocycles. The second kappa shape index (κ2) is 5.77. The number of carbonyl (C=O) groups is 2. The van der Waals surface area contributed by atoms with Gasteiger partial charge < -0.3 is 10.4 Å². The zero-order chi connectivity index (χ0) is 13.0. The molecular formula is C11H16N2O3S. The summed E-state index contributed by atoms with van der Waals surface area (Å²) >= 11 is 1.22. The van der Waals surface area contributed by atoms with Gasteiger partial charge in [0.05, 0.1) is 12.1 Å². The molecule has 0 unspecified atom stereocenters. The van der Waals surface area contributed by atoms with Crippen molar-refractivity contribution < 1.29 is 14.7 Å². The summed E-state index contributed by atoms with van der Waals surface area (Å²) in [4.78, 5) is 26.9. The zero-order valence-electron chi connectivity index (χ0n) is 10.1. The number of aryl methyl sites for hydroxylation is 1. The Morgan fingerprint density at radius 3 is 2.65 bits per heavy atom. The fourth-order valence-electron chi connectivity index (χ4n) is 1.32. The molecule has 5 nitrogen and oxygen atoms in total. The van der Waals surface area contributed by atoms with E-state index in [0.717, 1.165) is 0 Å². The lowest BCUT2D eigenvalue weighted by atomic mass is 10.1. The lowest BCUT2D eigenvalue weighted by molar-refractivity contribution is -0.136. The average Bonchev–Trinajstić information content (AvgIpc) is 2.43. The average molecular weight is 256 g/mol. The minimum atomic E-state index is -0.892. The quantitative estimate of drug-likeness (QED) is 0.845. The fourth-order valence-corrected chi connectivity index (χ4v) is 2.29. The van der Waals surface area contributed by atoms with Crippen molar-refractivity contribution in [1.82, 2.24) is 4.98 Å². The van der Waals surface area contributed by atoms with Crippen LogP contribution in [-0.4, -0.2) is 22.0 Å². The third kappa shape index (κ3) is 4.52. The van der Waals surface area contributed by atoms with Crippen LogP contribution in [0.2, 0.25) is 0 Å². The number of anilines is 1. The molecule has 1 aromatic heterocycles. The monoisotopic (exact) mass is 256 g/mol. The third-order valence-corrected chi connectivity index (χ3v) is 3.12. The van der Waals surface area contributed by atoms with E-state index in [9.17, 15) is 9.59 Å². The molecular weight excluding hydrogens is 240 g/mol. The Morgan fingerprint density at radius 2 is 2.12 bits per heavy atom. The van der Waals surface area contributed by atoms with Crippen molar-refractivity contribution in [2.24, 2.45) is 5.92 Å². The van der Waals surface area contributed by atoms with Crippen molar-refractivity contribution in [3.63, 3.8) is 0 Å². The molecule has 0 aliphatic heterocycles. The number of nitrogens with one attached hydrogen (secondary N) is 1. The van der Waals surface area contributed by atoms with Crippen molar-refractivity contribution in [3.8, 4) is 0 Å². The maximum absolute atomic E-state index is 11.5. The molecule has 0 aliphatic carbocycles. The first kappa shape index (κ1) is 13.6. The number of carboxylic acid groups (broad SMARTS) is 1. The van der Waals surface area contributed by atoms with E-state index < -0.39 is 5.97 Å². The van der Waals surface area contributed by atoms with Gasteiger partial charge in [0.15, 0.2) is 5.13 Å². The van der Waals surface area contributed by atoms with Crippen LogP contribution < -0.4 is 5.32 Å². The normalized spacial score (nSPS) is 10.6. The number of aromatic nitrogens is 1. The van der Waals surface area contributed by atoms with Gasteiger partial charge in [0.25, 0.3) is 0 Å². The number of aliphatic carboxylic acids is 1. The highest BCUT2D eigenvalue weighted by Gasteiger charge is 2.13. The molecule has 17 heavy (non-hydrogen) atoms.